The molecule has 0 unspecified atom stereocenters. The summed E-state index contributed by atoms with van der Waals surface area (Å²) in [6.07, 6.45) is 0.760. The maximum Gasteiger partial charge on any atom is 0.314 e. The molecule has 0 aromatic heterocycles. The van der Waals surface area contributed by atoms with Crippen LogP contribution in [0.25, 0.3) is 0 Å². The van der Waals surface area contributed by atoms with Crippen LogP contribution in [0.2, 0.25) is 0 Å². The lowest BCUT2D eigenvalue weighted by molar-refractivity contribution is -0.146. The van der Waals surface area contributed by atoms with Gasteiger partial charge in [0.2, 0.25) is 10.0 Å². The van der Waals surface area contributed by atoms with E-state index in [9.17, 15) is 23.1 Å². The van der Waals surface area contributed by atoms with Gasteiger partial charge in [0.05, 0.1) is 5.41 Å². The summed E-state index contributed by atoms with van der Waals surface area (Å²) in [4.78, 5) is 23.7. The highest BCUT2D eigenvalue weighted by Crippen LogP contribution is 2.42. The molecular weight excluding hydrogens is 464 g/mol. The van der Waals surface area contributed by atoms with Crippen molar-refractivity contribution in [1.29, 1.82) is 0 Å². The molecule has 2 fully saturated rings. The zero-order chi connectivity index (χ0) is 24.7. The lowest BCUT2D eigenvalue weighted by Crippen LogP contribution is -2.45. The van der Waals surface area contributed by atoms with Crippen molar-refractivity contribution in [2.24, 2.45) is 0 Å². The van der Waals surface area contributed by atoms with Crippen LogP contribution in [0.1, 0.15) is 67.4 Å². The van der Waals surface area contributed by atoms with Crippen molar-refractivity contribution in [3.63, 3.8) is 0 Å². The van der Waals surface area contributed by atoms with Crippen molar-refractivity contribution in [2.45, 2.75) is 68.7 Å². The standard InChI is InChI=1S/C25H27F2NO5S/c1-16-7-8-23(17-5-3-2-4-6-17)34(32,33)28(16)15-18-13-22(27)20(14-21(18)26)25(24(30)31)11-9-19(29)10-12-25/h2-6,13-14,16,23H,7-12,15H2,1H3,(H,30,31)/t16-,23+/m0/s1. The summed E-state index contributed by atoms with van der Waals surface area (Å²) in [6, 6.07) is 10.2. The Kier molecular flexibility index (Phi) is 6.61. The number of sulfonamides is 1. The number of halogens is 2. The number of hydrogen-bond acceptors (Lipinski definition) is 4. The second-order valence-electron chi connectivity index (χ2n) is 9.27. The first-order valence-corrected chi connectivity index (χ1v) is 12.9. The Morgan fingerprint density at radius 1 is 1.09 bits per heavy atom. The van der Waals surface area contributed by atoms with Crippen molar-refractivity contribution in [3.05, 3.63) is 70.8 Å². The van der Waals surface area contributed by atoms with Gasteiger partial charge in [0.1, 0.15) is 22.7 Å². The number of rotatable bonds is 5. The molecule has 6 nitrogen and oxygen atoms in total. The van der Waals surface area contributed by atoms with Crippen LogP contribution < -0.4 is 0 Å². The fraction of sp³-hybridized carbons (Fsp3) is 0.440. The number of carboxylic acid groups (broad SMARTS) is 1. The molecule has 0 radical (unpaired) electrons. The third kappa shape index (κ3) is 4.27. The molecule has 2 aromatic rings. The van der Waals surface area contributed by atoms with Crippen LogP contribution in [-0.2, 0) is 31.6 Å². The minimum Gasteiger partial charge on any atom is -0.481 e. The molecule has 2 atom stereocenters. The topological polar surface area (TPSA) is 91.8 Å². The Morgan fingerprint density at radius 3 is 2.35 bits per heavy atom. The molecule has 34 heavy (non-hydrogen) atoms. The molecule has 0 spiro atoms. The summed E-state index contributed by atoms with van der Waals surface area (Å²) in [5.41, 5.74) is -1.49. The van der Waals surface area contributed by atoms with E-state index in [-0.39, 0.29) is 49.1 Å². The molecule has 1 aliphatic heterocycles. The zero-order valence-corrected chi connectivity index (χ0v) is 19.7. The highest BCUT2D eigenvalue weighted by molar-refractivity contribution is 7.89. The van der Waals surface area contributed by atoms with Crippen LogP contribution in [0.5, 0.6) is 0 Å². The lowest BCUT2D eigenvalue weighted by Gasteiger charge is -2.38. The Labute approximate surface area is 197 Å². The number of hydrogen-bond donors (Lipinski definition) is 1. The minimum atomic E-state index is -3.84. The molecule has 1 saturated heterocycles. The molecule has 1 N–H and O–H groups in total. The fourth-order valence-corrected chi connectivity index (χ4v) is 7.34. The third-order valence-electron chi connectivity index (χ3n) is 7.24. The summed E-state index contributed by atoms with van der Waals surface area (Å²) < 4.78 is 58.4. The number of aliphatic carboxylic acids is 1. The molecule has 0 amide bonds. The van der Waals surface area contributed by atoms with Gasteiger partial charge in [-0.2, -0.15) is 4.31 Å². The normalized spacial score (nSPS) is 24.6. The van der Waals surface area contributed by atoms with Crippen molar-refractivity contribution >= 4 is 21.8 Å². The Hall–Kier alpha value is -2.65. The van der Waals surface area contributed by atoms with Gasteiger partial charge in [-0.25, -0.2) is 17.2 Å². The number of carbonyl (C=O) groups is 2. The van der Waals surface area contributed by atoms with E-state index in [0.717, 1.165) is 12.1 Å². The molecule has 1 heterocycles. The molecular formula is C25H27F2NO5S. The van der Waals surface area contributed by atoms with Gasteiger partial charge in [-0.05, 0) is 50.3 Å². The molecule has 4 rings (SSSR count). The smallest absolute Gasteiger partial charge is 0.314 e. The number of Topliss-reactive ketones (excluding diaryl/α,β-unsaturated/α-hetero) is 1. The Balaban J connectivity index is 1.67. The van der Waals surface area contributed by atoms with Crippen molar-refractivity contribution in [3.8, 4) is 0 Å². The van der Waals surface area contributed by atoms with E-state index in [4.69, 9.17) is 0 Å². The van der Waals surface area contributed by atoms with Gasteiger partial charge in [0.15, 0.2) is 0 Å². The van der Waals surface area contributed by atoms with Gasteiger partial charge in [-0.15, -0.1) is 0 Å². The van der Waals surface area contributed by atoms with Gasteiger partial charge in [0, 0.05) is 36.6 Å². The predicted molar refractivity (Wildman–Crippen MR) is 121 cm³/mol. The highest BCUT2D eigenvalue weighted by Gasteiger charge is 2.46. The first kappa shape index (κ1) is 24.5. The van der Waals surface area contributed by atoms with Crippen molar-refractivity contribution in [1.82, 2.24) is 4.31 Å². The molecule has 9 heteroatoms. The summed E-state index contributed by atoms with van der Waals surface area (Å²) in [5, 5.41) is 9.06. The molecule has 1 aliphatic carbocycles. The average molecular weight is 492 g/mol. The van der Waals surface area contributed by atoms with Gasteiger partial charge in [-0.3, -0.25) is 9.59 Å². The summed E-state index contributed by atoms with van der Waals surface area (Å²) >= 11 is 0. The third-order valence-corrected chi connectivity index (χ3v) is 9.61. The summed E-state index contributed by atoms with van der Waals surface area (Å²) in [5.74, 6) is -3.18. The second kappa shape index (κ2) is 9.19. The number of benzene rings is 2. The quantitative estimate of drug-likeness (QED) is 0.666. The molecule has 182 valence electrons. The predicted octanol–water partition coefficient (Wildman–Crippen LogP) is 4.49. The van der Waals surface area contributed by atoms with Crippen LogP contribution in [0, 0.1) is 11.6 Å². The second-order valence-corrected chi connectivity index (χ2v) is 11.3. The number of carboxylic acids is 1. The largest absolute Gasteiger partial charge is 0.481 e. The zero-order valence-electron chi connectivity index (χ0n) is 18.8. The monoisotopic (exact) mass is 491 g/mol. The van der Waals surface area contributed by atoms with E-state index >= 15 is 8.78 Å². The Bertz CT molecular complexity index is 1210. The van der Waals surface area contributed by atoms with Crippen molar-refractivity contribution < 1.29 is 31.9 Å². The lowest BCUT2D eigenvalue weighted by atomic mass is 9.68. The van der Waals surface area contributed by atoms with Crippen LogP contribution in [0.15, 0.2) is 42.5 Å². The number of carbonyl (C=O) groups excluding carboxylic acids is 1. The molecule has 1 saturated carbocycles. The van der Waals surface area contributed by atoms with E-state index in [1.165, 1.54) is 4.31 Å². The maximum absolute atomic E-state index is 15.2. The van der Waals surface area contributed by atoms with E-state index in [2.05, 4.69) is 0 Å². The van der Waals surface area contributed by atoms with E-state index < -0.39 is 44.3 Å². The van der Waals surface area contributed by atoms with E-state index in [1.54, 1.807) is 37.3 Å². The number of nitrogens with zero attached hydrogens (tertiary/aromatic N) is 1. The van der Waals surface area contributed by atoms with Crippen LogP contribution in [-0.4, -0.2) is 35.6 Å². The average Bonchev–Trinajstić information content (AvgIpc) is 2.79. The number of ketones is 1. The molecule has 0 bridgehead atoms. The van der Waals surface area contributed by atoms with Gasteiger partial charge in [0.25, 0.3) is 0 Å². The SMILES string of the molecule is C[C@H]1CC[C@H](c2ccccc2)S(=O)(=O)N1Cc1cc(F)c(C2(C(=O)O)CCC(=O)CC2)cc1F. The van der Waals surface area contributed by atoms with Crippen LogP contribution in [0.4, 0.5) is 8.78 Å². The van der Waals surface area contributed by atoms with Crippen LogP contribution >= 0.6 is 0 Å². The van der Waals surface area contributed by atoms with Crippen molar-refractivity contribution in [2.75, 3.05) is 0 Å². The van der Waals surface area contributed by atoms with Gasteiger partial charge < -0.3 is 5.11 Å². The minimum absolute atomic E-state index is 0.0144. The maximum atomic E-state index is 15.2. The van der Waals surface area contributed by atoms with Gasteiger partial charge >= 0.3 is 5.97 Å². The molecule has 2 aliphatic rings. The van der Waals surface area contributed by atoms with E-state index in [0.29, 0.717) is 18.4 Å². The first-order valence-electron chi connectivity index (χ1n) is 11.4. The summed E-state index contributed by atoms with van der Waals surface area (Å²) in [6.45, 7) is 1.38. The summed E-state index contributed by atoms with van der Waals surface area (Å²) in [7, 11) is -3.84. The van der Waals surface area contributed by atoms with Gasteiger partial charge in [-0.1, -0.05) is 30.3 Å². The fourth-order valence-electron chi connectivity index (χ4n) is 5.15. The van der Waals surface area contributed by atoms with E-state index in [1.807, 2.05) is 0 Å². The Morgan fingerprint density at radius 2 is 1.74 bits per heavy atom. The molecule has 2 aromatic carbocycles. The first-order chi connectivity index (χ1) is 16.1. The highest BCUT2D eigenvalue weighted by atomic mass is 32.2. The van der Waals surface area contributed by atoms with Crippen LogP contribution in [0.3, 0.4) is 0 Å².